The van der Waals surface area contributed by atoms with E-state index in [-0.39, 0.29) is 5.79 Å². The van der Waals surface area contributed by atoms with Crippen molar-refractivity contribution < 1.29 is 0 Å². The van der Waals surface area contributed by atoms with Crippen LogP contribution in [0.5, 0.6) is 0 Å². The Balaban J connectivity index is 2.04. The van der Waals surface area contributed by atoms with E-state index in [4.69, 9.17) is 0 Å². The van der Waals surface area contributed by atoms with Gasteiger partial charge >= 0.3 is 0 Å². The smallest absolute Gasteiger partial charge is 0.137 e. The Kier molecular flexibility index (Phi) is 1.19. The van der Waals surface area contributed by atoms with Crippen LogP contribution in [0.25, 0.3) is 0 Å². The van der Waals surface area contributed by atoms with Crippen LogP contribution in [-0.4, -0.2) is 25.4 Å². The third-order valence-electron chi connectivity index (χ3n) is 1.91. The van der Waals surface area contributed by atoms with Gasteiger partial charge in [0.2, 0.25) is 0 Å². The van der Waals surface area contributed by atoms with E-state index < -0.39 is 0 Å². The number of nitrogens with one attached hydrogen (secondary N) is 4. The van der Waals surface area contributed by atoms with Gasteiger partial charge in [0.15, 0.2) is 0 Å². The maximum Gasteiger partial charge on any atom is 0.137 e. The minimum Gasteiger partial charge on any atom is -0.285 e. The fraction of sp³-hybridized carbons (Fsp3) is 1.00. The van der Waals surface area contributed by atoms with Gasteiger partial charge in [0.1, 0.15) is 5.79 Å². The van der Waals surface area contributed by atoms with Crippen LogP contribution in [0, 0.1) is 0 Å². The summed E-state index contributed by atoms with van der Waals surface area (Å²) < 4.78 is 0. The second-order valence-electron chi connectivity index (χ2n) is 2.56. The Bertz CT molecular complexity index is 84.0. The molecule has 2 aliphatic heterocycles. The van der Waals surface area contributed by atoms with E-state index in [0.29, 0.717) is 0 Å². The number of hydrogen-bond donors (Lipinski definition) is 4. The van der Waals surface area contributed by atoms with Crippen LogP contribution in [0.4, 0.5) is 0 Å². The monoisotopic (exact) mass is 128 g/mol. The highest BCUT2D eigenvalue weighted by Crippen LogP contribution is 2.07. The number of hydrogen-bond acceptors (Lipinski definition) is 4. The molecule has 0 radical (unpaired) electrons. The molecule has 4 nitrogen and oxygen atoms in total. The van der Waals surface area contributed by atoms with E-state index >= 15 is 0 Å². The molecule has 1 spiro atoms. The number of rotatable bonds is 0. The molecule has 0 bridgehead atoms. The van der Waals surface area contributed by atoms with E-state index in [0.717, 1.165) is 26.1 Å². The van der Waals surface area contributed by atoms with Crippen molar-refractivity contribution in [2.75, 3.05) is 19.6 Å². The Morgan fingerprint density at radius 3 is 2.33 bits per heavy atom. The highest BCUT2D eigenvalue weighted by molar-refractivity contribution is 4.91. The molecule has 2 saturated heterocycles. The van der Waals surface area contributed by atoms with Gasteiger partial charge < -0.3 is 0 Å². The Morgan fingerprint density at radius 1 is 1.00 bits per heavy atom. The van der Waals surface area contributed by atoms with E-state index in [1.165, 1.54) is 0 Å². The van der Waals surface area contributed by atoms with Gasteiger partial charge in [0.05, 0.1) is 0 Å². The highest BCUT2D eigenvalue weighted by atomic mass is 15.6. The first-order chi connectivity index (χ1) is 4.41. The normalized spacial score (nSPS) is 32.0. The average molecular weight is 128 g/mol. The van der Waals surface area contributed by atoms with Crippen LogP contribution < -0.4 is 21.5 Å². The molecule has 4 heteroatoms. The van der Waals surface area contributed by atoms with E-state index in [1.807, 2.05) is 0 Å². The lowest BCUT2D eigenvalue weighted by Gasteiger charge is -2.22. The molecule has 0 aliphatic carbocycles. The minimum absolute atomic E-state index is 0.0278. The van der Waals surface area contributed by atoms with Gasteiger partial charge in [-0.3, -0.25) is 16.1 Å². The highest BCUT2D eigenvalue weighted by Gasteiger charge is 2.35. The van der Waals surface area contributed by atoms with Crippen molar-refractivity contribution in [3.63, 3.8) is 0 Å². The average Bonchev–Trinajstić information content (AvgIpc) is 2.45. The van der Waals surface area contributed by atoms with Gasteiger partial charge in [0.25, 0.3) is 0 Å². The quantitative estimate of drug-likeness (QED) is 0.315. The third-order valence-corrected chi connectivity index (χ3v) is 1.91. The molecule has 0 aromatic rings. The van der Waals surface area contributed by atoms with Crippen molar-refractivity contribution in [2.24, 2.45) is 0 Å². The molecular formula is C5H12N4. The van der Waals surface area contributed by atoms with Gasteiger partial charge in [-0.25, -0.2) is 5.43 Å². The van der Waals surface area contributed by atoms with Crippen LogP contribution in [0.15, 0.2) is 0 Å². The minimum atomic E-state index is 0.0278. The maximum atomic E-state index is 3.35. The largest absolute Gasteiger partial charge is 0.285 e. The van der Waals surface area contributed by atoms with Gasteiger partial charge in [0, 0.05) is 26.1 Å². The zero-order valence-corrected chi connectivity index (χ0v) is 5.33. The summed E-state index contributed by atoms with van der Waals surface area (Å²) in [5.74, 6) is 0.0278. The lowest BCUT2D eigenvalue weighted by Crippen LogP contribution is -2.58. The summed E-state index contributed by atoms with van der Waals surface area (Å²) in [5, 5.41) is 6.69. The Hall–Kier alpha value is -0.160. The van der Waals surface area contributed by atoms with Crippen LogP contribution in [0.1, 0.15) is 6.42 Å². The van der Waals surface area contributed by atoms with Crippen molar-refractivity contribution in [2.45, 2.75) is 12.2 Å². The molecule has 2 heterocycles. The van der Waals surface area contributed by atoms with Crippen LogP contribution in [0.2, 0.25) is 0 Å². The summed E-state index contributed by atoms with van der Waals surface area (Å²) in [6, 6.07) is 0. The lowest BCUT2D eigenvalue weighted by molar-refractivity contribution is 0.288. The number of hydrazine groups is 1. The standard InChI is InChI=1S/C5H12N4/c1-2-8-9-5(1)6-3-4-7-5/h6-9H,1-4H2. The molecule has 0 aromatic carbocycles. The lowest BCUT2D eigenvalue weighted by atomic mass is 10.3. The third kappa shape index (κ3) is 0.840. The van der Waals surface area contributed by atoms with Crippen LogP contribution in [-0.2, 0) is 0 Å². The van der Waals surface area contributed by atoms with Crippen molar-refractivity contribution in [3.05, 3.63) is 0 Å². The molecule has 52 valence electrons. The summed E-state index contributed by atoms with van der Waals surface area (Å²) >= 11 is 0. The Morgan fingerprint density at radius 2 is 1.78 bits per heavy atom. The first kappa shape index (κ1) is 5.61. The summed E-state index contributed by atoms with van der Waals surface area (Å²) in [4.78, 5) is 0. The first-order valence-corrected chi connectivity index (χ1v) is 3.41. The maximum absolute atomic E-state index is 3.35. The fourth-order valence-electron chi connectivity index (χ4n) is 1.41. The van der Waals surface area contributed by atoms with Gasteiger partial charge in [-0.05, 0) is 0 Å². The molecule has 0 saturated carbocycles. The topological polar surface area (TPSA) is 48.1 Å². The summed E-state index contributed by atoms with van der Waals surface area (Å²) in [6.07, 6.45) is 1.12. The van der Waals surface area contributed by atoms with Gasteiger partial charge in [-0.1, -0.05) is 0 Å². The fourth-order valence-corrected chi connectivity index (χ4v) is 1.41. The van der Waals surface area contributed by atoms with Crippen molar-refractivity contribution in [1.82, 2.24) is 21.5 Å². The van der Waals surface area contributed by atoms with Crippen molar-refractivity contribution in [1.29, 1.82) is 0 Å². The predicted octanol–water partition coefficient (Wildman–Crippen LogP) is -1.67. The van der Waals surface area contributed by atoms with E-state index in [1.54, 1.807) is 0 Å². The predicted molar refractivity (Wildman–Crippen MR) is 34.5 cm³/mol. The molecule has 0 aromatic heterocycles. The molecule has 2 rings (SSSR count). The van der Waals surface area contributed by atoms with E-state index in [2.05, 4.69) is 21.5 Å². The summed E-state index contributed by atoms with van der Waals surface area (Å²) in [7, 11) is 0. The second kappa shape index (κ2) is 1.91. The molecule has 4 N–H and O–H groups in total. The zero-order chi connectivity index (χ0) is 6.16. The van der Waals surface area contributed by atoms with Gasteiger partial charge in [-0.2, -0.15) is 0 Å². The summed E-state index contributed by atoms with van der Waals surface area (Å²) in [5.41, 5.74) is 6.24. The molecule has 0 unspecified atom stereocenters. The van der Waals surface area contributed by atoms with Crippen molar-refractivity contribution >= 4 is 0 Å². The van der Waals surface area contributed by atoms with Crippen LogP contribution in [0.3, 0.4) is 0 Å². The molecule has 0 amide bonds. The Labute approximate surface area is 54.4 Å². The molecule has 0 atom stereocenters. The molecule has 2 aliphatic rings. The molecule has 9 heavy (non-hydrogen) atoms. The van der Waals surface area contributed by atoms with Crippen molar-refractivity contribution in [3.8, 4) is 0 Å². The zero-order valence-electron chi connectivity index (χ0n) is 5.33. The first-order valence-electron chi connectivity index (χ1n) is 3.41. The molecular weight excluding hydrogens is 116 g/mol. The van der Waals surface area contributed by atoms with E-state index in [9.17, 15) is 0 Å². The van der Waals surface area contributed by atoms with Gasteiger partial charge in [-0.15, -0.1) is 0 Å². The molecule has 2 fully saturated rings. The van der Waals surface area contributed by atoms with Crippen LogP contribution >= 0.6 is 0 Å². The summed E-state index contributed by atoms with van der Waals surface area (Å²) in [6.45, 7) is 3.17. The SMILES string of the molecule is C1CC2(NCCN2)NN1. The second-order valence-corrected chi connectivity index (χ2v) is 2.56.